The third-order valence-electron chi connectivity index (χ3n) is 4.36. The highest BCUT2D eigenvalue weighted by molar-refractivity contribution is 5.09. The summed E-state index contributed by atoms with van der Waals surface area (Å²) in [6, 6.07) is 6.94. The van der Waals surface area contributed by atoms with Crippen LogP contribution in [0.15, 0.2) is 36.7 Å². The average molecular weight is 324 g/mol. The van der Waals surface area contributed by atoms with Crippen molar-refractivity contribution in [3.8, 4) is 0 Å². The zero-order valence-electron chi connectivity index (χ0n) is 12.9. The third kappa shape index (κ3) is 3.55. The summed E-state index contributed by atoms with van der Waals surface area (Å²) >= 11 is 0. The van der Waals surface area contributed by atoms with E-state index in [0.29, 0.717) is 6.54 Å². The van der Waals surface area contributed by atoms with Crippen molar-refractivity contribution in [3.05, 3.63) is 48.0 Å². The molecule has 2 aromatic rings. The van der Waals surface area contributed by atoms with Gasteiger partial charge in [-0.2, -0.15) is 18.3 Å². The number of nitrogens with zero attached hydrogens (tertiary/aromatic N) is 4. The normalized spacial score (nSPS) is 21.3. The fraction of sp³-hybridized carbons (Fsp3) is 0.500. The Balaban J connectivity index is 1.72. The van der Waals surface area contributed by atoms with Gasteiger partial charge in [0.2, 0.25) is 0 Å². The van der Waals surface area contributed by atoms with Crippen LogP contribution in [0.5, 0.6) is 0 Å². The number of likely N-dealkylation sites (tertiary alicyclic amines) is 1. The molecule has 0 aromatic carbocycles. The minimum Gasteiger partial charge on any atom is -0.293 e. The molecule has 0 amide bonds. The van der Waals surface area contributed by atoms with Gasteiger partial charge >= 0.3 is 6.18 Å². The summed E-state index contributed by atoms with van der Waals surface area (Å²) in [5.74, 6) is 0. The summed E-state index contributed by atoms with van der Waals surface area (Å²) in [6.45, 7) is 3.67. The van der Waals surface area contributed by atoms with E-state index in [2.05, 4.69) is 21.9 Å². The Hall–Kier alpha value is -1.89. The molecule has 1 aliphatic heterocycles. The molecule has 0 aliphatic carbocycles. The summed E-state index contributed by atoms with van der Waals surface area (Å²) in [6.07, 6.45) is 0.577. The second-order valence-corrected chi connectivity index (χ2v) is 5.90. The van der Waals surface area contributed by atoms with Crippen molar-refractivity contribution in [1.29, 1.82) is 0 Å². The summed E-state index contributed by atoms with van der Waals surface area (Å²) in [5.41, 5.74) is 0.150. The SMILES string of the molecule is CC(c1ccccn1)N1CCCC(n2ccc(C(F)(F)F)n2)C1. The third-order valence-corrected chi connectivity index (χ3v) is 4.36. The Labute approximate surface area is 132 Å². The first-order valence-electron chi connectivity index (χ1n) is 7.72. The molecule has 3 heterocycles. The molecule has 1 saturated heterocycles. The lowest BCUT2D eigenvalue weighted by Crippen LogP contribution is -2.38. The maximum Gasteiger partial charge on any atom is 0.435 e. The molecule has 2 atom stereocenters. The van der Waals surface area contributed by atoms with Gasteiger partial charge < -0.3 is 0 Å². The zero-order valence-corrected chi connectivity index (χ0v) is 12.9. The molecule has 1 fully saturated rings. The Morgan fingerprint density at radius 3 is 2.74 bits per heavy atom. The predicted molar refractivity (Wildman–Crippen MR) is 79.7 cm³/mol. The number of pyridine rings is 1. The maximum absolute atomic E-state index is 12.7. The van der Waals surface area contributed by atoms with Crippen LogP contribution in [-0.4, -0.2) is 32.8 Å². The Morgan fingerprint density at radius 2 is 2.09 bits per heavy atom. The first-order valence-corrected chi connectivity index (χ1v) is 7.72. The lowest BCUT2D eigenvalue weighted by molar-refractivity contribution is -0.141. The van der Waals surface area contributed by atoms with Gasteiger partial charge in [-0.25, -0.2) is 0 Å². The van der Waals surface area contributed by atoms with Crippen LogP contribution >= 0.6 is 0 Å². The Kier molecular flexibility index (Phi) is 4.39. The van der Waals surface area contributed by atoms with E-state index in [1.165, 1.54) is 10.9 Å². The lowest BCUT2D eigenvalue weighted by atomic mass is 10.0. The molecule has 23 heavy (non-hydrogen) atoms. The van der Waals surface area contributed by atoms with Crippen molar-refractivity contribution < 1.29 is 13.2 Å². The highest BCUT2D eigenvalue weighted by Gasteiger charge is 2.35. The van der Waals surface area contributed by atoms with Gasteiger partial charge in [0.15, 0.2) is 5.69 Å². The van der Waals surface area contributed by atoms with Crippen molar-refractivity contribution in [1.82, 2.24) is 19.7 Å². The largest absolute Gasteiger partial charge is 0.435 e. The molecule has 4 nitrogen and oxygen atoms in total. The Bertz CT molecular complexity index is 638. The molecule has 0 N–H and O–H groups in total. The minimum absolute atomic E-state index is 0.0361. The fourth-order valence-electron chi connectivity index (χ4n) is 3.05. The van der Waals surface area contributed by atoms with Crippen LogP contribution in [-0.2, 0) is 6.18 Å². The van der Waals surface area contributed by atoms with E-state index >= 15 is 0 Å². The molecular formula is C16H19F3N4. The van der Waals surface area contributed by atoms with Crippen molar-refractivity contribution in [2.75, 3.05) is 13.1 Å². The standard InChI is InChI=1S/C16H19F3N4/c1-12(14-6-2-3-8-20-14)22-9-4-5-13(11-22)23-10-7-15(21-23)16(17,18)19/h2-3,6-8,10,12-13H,4-5,9,11H2,1H3. The molecule has 124 valence electrons. The van der Waals surface area contributed by atoms with Gasteiger partial charge in [-0.1, -0.05) is 6.07 Å². The molecule has 0 saturated carbocycles. The van der Waals surface area contributed by atoms with Crippen LogP contribution in [0.1, 0.15) is 43.2 Å². The summed E-state index contributed by atoms with van der Waals surface area (Å²) < 4.78 is 39.6. The molecule has 0 bridgehead atoms. The minimum atomic E-state index is -4.39. The van der Waals surface area contributed by atoms with Crippen LogP contribution in [0.3, 0.4) is 0 Å². The van der Waals surface area contributed by atoms with E-state index in [4.69, 9.17) is 0 Å². The number of piperidine rings is 1. The number of alkyl halides is 3. The predicted octanol–water partition coefficient (Wildman–Crippen LogP) is 3.70. The summed E-state index contributed by atoms with van der Waals surface area (Å²) in [5, 5.41) is 3.72. The number of halogens is 3. The number of rotatable bonds is 3. The molecule has 0 spiro atoms. The second-order valence-electron chi connectivity index (χ2n) is 5.90. The topological polar surface area (TPSA) is 34.0 Å². The first-order chi connectivity index (χ1) is 10.9. The summed E-state index contributed by atoms with van der Waals surface area (Å²) in [4.78, 5) is 6.63. The van der Waals surface area contributed by atoms with Crippen molar-refractivity contribution >= 4 is 0 Å². The summed E-state index contributed by atoms with van der Waals surface area (Å²) in [7, 11) is 0. The highest BCUT2D eigenvalue weighted by atomic mass is 19.4. The molecule has 0 radical (unpaired) electrons. The number of hydrogen-bond donors (Lipinski definition) is 0. The Morgan fingerprint density at radius 1 is 1.26 bits per heavy atom. The second kappa shape index (κ2) is 6.31. The van der Waals surface area contributed by atoms with Gasteiger partial charge in [-0.05, 0) is 44.5 Å². The highest BCUT2D eigenvalue weighted by Crippen LogP contribution is 2.31. The van der Waals surface area contributed by atoms with E-state index in [0.717, 1.165) is 31.1 Å². The van der Waals surface area contributed by atoms with E-state index in [9.17, 15) is 13.2 Å². The molecular weight excluding hydrogens is 305 g/mol. The van der Waals surface area contributed by atoms with E-state index in [1.54, 1.807) is 6.20 Å². The van der Waals surface area contributed by atoms with E-state index in [-0.39, 0.29) is 12.1 Å². The molecule has 2 unspecified atom stereocenters. The van der Waals surface area contributed by atoms with Crippen LogP contribution in [0.4, 0.5) is 13.2 Å². The molecule has 2 aromatic heterocycles. The van der Waals surface area contributed by atoms with Gasteiger partial charge in [-0.15, -0.1) is 0 Å². The van der Waals surface area contributed by atoms with E-state index < -0.39 is 11.9 Å². The van der Waals surface area contributed by atoms with Crippen LogP contribution in [0.2, 0.25) is 0 Å². The van der Waals surface area contributed by atoms with Crippen molar-refractivity contribution in [2.24, 2.45) is 0 Å². The molecule has 3 rings (SSSR count). The number of hydrogen-bond acceptors (Lipinski definition) is 3. The van der Waals surface area contributed by atoms with Gasteiger partial charge in [0.25, 0.3) is 0 Å². The van der Waals surface area contributed by atoms with Gasteiger partial charge in [0.1, 0.15) is 0 Å². The quantitative estimate of drug-likeness (QED) is 0.863. The van der Waals surface area contributed by atoms with Gasteiger partial charge in [0.05, 0.1) is 11.7 Å². The van der Waals surface area contributed by atoms with Gasteiger partial charge in [-0.3, -0.25) is 14.6 Å². The smallest absolute Gasteiger partial charge is 0.293 e. The molecule has 1 aliphatic rings. The van der Waals surface area contributed by atoms with Crippen LogP contribution < -0.4 is 0 Å². The van der Waals surface area contributed by atoms with Crippen LogP contribution in [0.25, 0.3) is 0 Å². The van der Waals surface area contributed by atoms with Gasteiger partial charge in [0, 0.05) is 25.0 Å². The molecule has 7 heteroatoms. The first kappa shape index (κ1) is 16.0. The van der Waals surface area contributed by atoms with E-state index in [1.807, 2.05) is 18.2 Å². The maximum atomic E-state index is 12.7. The van der Waals surface area contributed by atoms with Crippen LogP contribution in [0, 0.1) is 0 Å². The zero-order chi connectivity index (χ0) is 16.4. The lowest BCUT2D eigenvalue weighted by Gasteiger charge is -2.36. The monoisotopic (exact) mass is 324 g/mol. The number of aromatic nitrogens is 3. The van der Waals surface area contributed by atoms with Crippen molar-refractivity contribution in [3.63, 3.8) is 0 Å². The van der Waals surface area contributed by atoms with Crippen molar-refractivity contribution in [2.45, 2.75) is 38.0 Å². The fourth-order valence-corrected chi connectivity index (χ4v) is 3.05. The average Bonchev–Trinajstić information content (AvgIpc) is 3.05.